The number of carbonyl (C=O) groups is 2. The Bertz CT molecular complexity index is 1290. The van der Waals surface area contributed by atoms with E-state index in [2.05, 4.69) is 20.5 Å². The Morgan fingerprint density at radius 2 is 1.84 bits per heavy atom. The molecule has 0 unspecified atom stereocenters. The molecule has 4 aromatic rings. The van der Waals surface area contributed by atoms with E-state index in [1.54, 1.807) is 31.2 Å². The van der Waals surface area contributed by atoms with E-state index in [0.717, 1.165) is 22.1 Å². The molecule has 0 saturated carbocycles. The lowest BCUT2D eigenvalue weighted by Crippen LogP contribution is -2.25. The van der Waals surface area contributed by atoms with Gasteiger partial charge >= 0.3 is 5.97 Å². The molecule has 0 aliphatic carbocycles. The van der Waals surface area contributed by atoms with Gasteiger partial charge in [-0.3, -0.25) is 4.79 Å². The number of carbonyl (C=O) groups excluding carboxylic acids is 2. The average Bonchev–Trinajstić information content (AvgIpc) is 3.10. The molecule has 2 aromatic carbocycles. The lowest BCUT2D eigenvalue weighted by atomic mass is 10.2. The molecule has 9 heteroatoms. The highest BCUT2D eigenvalue weighted by molar-refractivity contribution is 8.00. The predicted molar refractivity (Wildman–Crippen MR) is 125 cm³/mol. The van der Waals surface area contributed by atoms with Crippen LogP contribution in [0.2, 0.25) is 0 Å². The number of ether oxygens (including phenoxy) is 1. The van der Waals surface area contributed by atoms with Crippen LogP contribution in [0.25, 0.3) is 22.1 Å². The molecular weight excluding hydrogens is 426 g/mol. The molecular formula is C23H23N5O3S. The number of aromatic nitrogens is 4. The zero-order valence-corrected chi connectivity index (χ0v) is 18.8. The molecule has 0 spiro atoms. The number of hydrogen-bond acceptors (Lipinski definition) is 7. The predicted octanol–water partition coefficient (Wildman–Crippen LogP) is 4.20. The summed E-state index contributed by atoms with van der Waals surface area (Å²) in [6.45, 7) is 4.00. The number of nitrogens with zero attached hydrogens (tertiary/aromatic N) is 4. The molecule has 1 N–H and O–H groups in total. The van der Waals surface area contributed by atoms with Gasteiger partial charge in [-0.25, -0.2) is 9.78 Å². The molecule has 1 amide bonds. The molecule has 32 heavy (non-hydrogen) atoms. The highest BCUT2D eigenvalue weighted by Crippen LogP contribution is 2.28. The first kappa shape index (κ1) is 21.8. The van der Waals surface area contributed by atoms with Crippen LogP contribution in [0.5, 0.6) is 0 Å². The smallest absolute Gasteiger partial charge is 0.338 e. The number of anilines is 1. The van der Waals surface area contributed by atoms with Gasteiger partial charge in [0.25, 0.3) is 0 Å². The number of rotatable bonds is 7. The van der Waals surface area contributed by atoms with Crippen molar-refractivity contribution in [3.63, 3.8) is 0 Å². The topological polar surface area (TPSA) is 99.0 Å². The van der Waals surface area contributed by atoms with Crippen molar-refractivity contribution in [2.75, 3.05) is 11.9 Å². The van der Waals surface area contributed by atoms with Crippen molar-refractivity contribution in [2.45, 2.75) is 30.7 Å². The lowest BCUT2D eigenvalue weighted by molar-refractivity contribution is -0.115. The maximum atomic E-state index is 12.8. The van der Waals surface area contributed by atoms with Gasteiger partial charge in [-0.05, 0) is 43.7 Å². The number of fused-ring (bicyclic) bond motifs is 3. The molecule has 0 aliphatic rings. The van der Waals surface area contributed by atoms with E-state index in [9.17, 15) is 9.59 Å². The number of thioether (sulfide) groups is 1. The van der Waals surface area contributed by atoms with Crippen molar-refractivity contribution in [1.29, 1.82) is 0 Å². The van der Waals surface area contributed by atoms with Crippen LogP contribution in [0.3, 0.4) is 0 Å². The number of benzene rings is 2. The van der Waals surface area contributed by atoms with Crippen molar-refractivity contribution < 1.29 is 14.3 Å². The molecule has 2 heterocycles. The van der Waals surface area contributed by atoms with E-state index in [0.29, 0.717) is 29.4 Å². The highest BCUT2D eigenvalue weighted by atomic mass is 32.2. The summed E-state index contributed by atoms with van der Waals surface area (Å²) in [5.74, 6) is -0.553. The van der Waals surface area contributed by atoms with E-state index in [4.69, 9.17) is 4.74 Å². The quantitative estimate of drug-likeness (QED) is 0.333. The Kier molecular flexibility index (Phi) is 6.36. The number of esters is 1. The molecule has 0 saturated heterocycles. The monoisotopic (exact) mass is 449 g/mol. The number of hydrogen-bond donors (Lipinski definition) is 1. The Labute approximate surface area is 189 Å². The largest absolute Gasteiger partial charge is 0.462 e. The summed E-state index contributed by atoms with van der Waals surface area (Å²) in [5.41, 5.74) is 3.54. The van der Waals surface area contributed by atoms with E-state index in [-0.39, 0.29) is 11.9 Å². The zero-order valence-electron chi connectivity index (χ0n) is 18.0. The van der Waals surface area contributed by atoms with E-state index < -0.39 is 5.25 Å². The van der Waals surface area contributed by atoms with Crippen LogP contribution >= 0.6 is 11.8 Å². The minimum Gasteiger partial charge on any atom is -0.462 e. The first-order chi connectivity index (χ1) is 15.5. The Morgan fingerprint density at radius 1 is 1.09 bits per heavy atom. The van der Waals surface area contributed by atoms with Crippen LogP contribution in [0.15, 0.2) is 53.7 Å². The molecule has 164 valence electrons. The number of para-hydroxylation sites is 1. The fourth-order valence-electron chi connectivity index (χ4n) is 3.42. The third-order valence-electron chi connectivity index (χ3n) is 5.06. The normalized spacial score (nSPS) is 12.1. The van der Waals surface area contributed by atoms with Crippen LogP contribution in [-0.2, 0) is 16.6 Å². The van der Waals surface area contributed by atoms with Crippen molar-refractivity contribution in [3.8, 4) is 0 Å². The Morgan fingerprint density at radius 3 is 2.56 bits per heavy atom. The summed E-state index contributed by atoms with van der Waals surface area (Å²) in [4.78, 5) is 29.3. The highest BCUT2D eigenvalue weighted by Gasteiger charge is 2.21. The van der Waals surface area contributed by atoms with E-state index >= 15 is 0 Å². The molecule has 1 atom stereocenters. The Hall–Kier alpha value is -3.46. The van der Waals surface area contributed by atoms with Gasteiger partial charge in [-0.2, -0.15) is 0 Å². The molecule has 4 rings (SSSR count). The molecule has 8 nitrogen and oxygen atoms in total. The fourth-order valence-corrected chi connectivity index (χ4v) is 4.23. The van der Waals surface area contributed by atoms with Crippen molar-refractivity contribution in [2.24, 2.45) is 7.05 Å². The standard InChI is InChI=1S/C23H23N5O3S/c1-4-18(21(29)24-15-12-10-14(11-13-15)22(30)31-5-2)32-23-25-20-19(26-27-23)16-8-6-7-9-17(16)28(20)3/h6-13,18H,4-5H2,1-3H3,(H,24,29)/t18-/m1/s1. The second-order valence-corrected chi connectivity index (χ2v) is 8.31. The number of aryl methyl sites for hydroxylation is 1. The van der Waals surface area contributed by atoms with Gasteiger partial charge in [0.2, 0.25) is 11.1 Å². The van der Waals surface area contributed by atoms with E-state index in [1.165, 1.54) is 11.8 Å². The van der Waals surface area contributed by atoms with Gasteiger partial charge in [0, 0.05) is 18.1 Å². The summed E-state index contributed by atoms with van der Waals surface area (Å²) in [7, 11) is 1.94. The van der Waals surface area contributed by atoms with Crippen LogP contribution in [0.1, 0.15) is 30.6 Å². The minimum absolute atomic E-state index is 0.165. The fraction of sp³-hybridized carbons (Fsp3) is 0.261. The third kappa shape index (κ3) is 4.29. The van der Waals surface area contributed by atoms with Crippen LogP contribution < -0.4 is 5.32 Å². The van der Waals surface area contributed by atoms with Crippen molar-refractivity contribution >= 4 is 51.4 Å². The molecule has 0 fully saturated rings. The van der Waals surface area contributed by atoms with E-state index in [1.807, 2.05) is 42.8 Å². The van der Waals surface area contributed by atoms with Crippen molar-refractivity contribution in [3.05, 3.63) is 54.1 Å². The molecule has 0 bridgehead atoms. The molecule has 0 aliphatic heterocycles. The number of amides is 1. The number of nitrogens with one attached hydrogen (secondary N) is 1. The maximum absolute atomic E-state index is 12.8. The van der Waals surface area contributed by atoms with Crippen LogP contribution in [0.4, 0.5) is 5.69 Å². The van der Waals surface area contributed by atoms with Crippen LogP contribution in [-0.4, -0.2) is 43.5 Å². The van der Waals surface area contributed by atoms with Gasteiger partial charge < -0.3 is 14.6 Å². The van der Waals surface area contributed by atoms with Crippen LogP contribution in [0, 0.1) is 0 Å². The summed E-state index contributed by atoms with van der Waals surface area (Å²) in [6, 6.07) is 14.6. The first-order valence-corrected chi connectivity index (χ1v) is 11.2. The summed E-state index contributed by atoms with van der Waals surface area (Å²) < 4.78 is 6.96. The van der Waals surface area contributed by atoms with Gasteiger partial charge in [0.1, 0.15) is 5.52 Å². The van der Waals surface area contributed by atoms with Gasteiger partial charge in [-0.15, -0.1) is 10.2 Å². The second-order valence-electron chi connectivity index (χ2n) is 7.14. The summed E-state index contributed by atoms with van der Waals surface area (Å²) in [6.07, 6.45) is 0.591. The van der Waals surface area contributed by atoms with Gasteiger partial charge in [0.05, 0.1) is 22.9 Å². The third-order valence-corrected chi connectivity index (χ3v) is 6.28. The Balaban J connectivity index is 1.49. The average molecular weight is 450 g/mol. The SMILES string of the molecule is CCOC(=O)c1ccc(NC(=O)[C@@H](CC)Sc2nnc3c4ccccc4n(C)c3n2)cc1. The molecule has 2 aromatic heterocycles. The summed E-state index contributed by atoms with van der Waals surface area (Å²) in [5, 5.41) is 12.6. The van der Waals surface area contributed by atoms with Gasteiger partial charge in [-0.1, -0.05) is 36.9 Å². The lowest BCUT2D eigenvalue weighted by Gasteiger charge is -2.14. The minimum atomic E-state index is -0.395. The maximum Gasteiger partial charge on any atom is 0.338 e. The zero-order chi connectivity index (χ0) is 22.7. The van der Waals surface area contributed by atoms with Crippen molar-refractivity contribution in [1.82, 2.24) is 19.7 Å². The first-order valence-electron chi connectivity index (χ1n) is 10.3. The summed E-state index contributed by atoms with van der Waals surface area (Å²) >= 11 is 1.28. The van der Waals surface area contributed by atoms with Gasteiger partial charge in [0.15, 0.2) is 5.65 Å². The second kappa shape index (κ2) is 9.35. The molecule has 0 radical (unpaired) electrons.